The molecule has 4 aromatic rings. The van der Waals surface area contributed by atoms with E-state index in [-0.39, 0.29) is 11.4 Å². The lowest BCUT2D eigenvalue weighted by atomic mass is 9.87. The summed E-state index contributed by atoms with van der Waals surface area (Å²) in [5.41, 5.74) is 6.26. The molecule has 1 saturated heterocycles. The monoisotopic (exact) mass is 479 g/mol. The van der Waals surface area contributed by atoms with Crippen LogP contribution in [0, 0.1) is 0 Å². The second-order valence-corrected chi connectivity index (χ2v) is 10.3. The van der Waals surface area contributed by atoms with E-state index in [0.29, 0.717) is 0 Å². The Labute approximate surface area is 213 Å². The van der Waals surface area contributed by atoms with Gasteiger partial charge in [-0.3, -0.25) is 0 Å². The van der Waals surface area contributed by atoms with E-state index in [0.717, 1.165) is 59.6 Å². The van der Waals surface area contributed by atoms with Gasteiger partial charge in [0.1, 0.15) is 0 Å². The number of nitrogens with one attached hydrogen (secondary N) is 2. The first kappa shape index (κ1) is 23.9. The standard InChI is InChI=1S/C31H33N3O2/c1-31(2,3)23-7-6-8-24(21-23)32-30(35)33-29-16-15-26(27-9-4-5-10-28(27)29)22-11-13-25(14-12-22)34-17-19-36-20-18-34/h4-16,21H,17-20H2,1-3H3,(H2,32,33,35). The molecule has 36 heavy (non-hydrogen) atoms. The summed E-state index contributed by atoms with van der Waals surface area (Å²) in [6.07, 6.45) is 0. The lowest BCUT2D eigenvalue weighted by Crippen LogP contribution is -2.36. The number of hydrogen-bond acceptors (Lipinski definition) is 3. The number of ether oxygens (including phenoxy) is 1. The van der Waals surface area contributed by atoms with Crippen LogP contribution in [0.3, 0.4) is 0 Å². The number of benzene rings is 4. The van der Waals surface area contributed by atoms with Gasteiger partial charge >= 0.3 is 6.03 Å². The Morgan fingerprint density at radius 3 is 2.25 bits per heavy atom. The summed E-state index contributed by atoms with van der Waals surface area (Å²) in [5, 5.41) is 8.15. The van der Waals surface area contributed by atoms with E-state index < -0.39 is 0 Å². The van der Waals surface area contributed by atoms with Crippen molar-refractivity contribution in [3.05, 3.63) is 90.5 Å². The van der Waals surface area contributed by atoms with Gasteiger partial charge in [-0.05, 0) is 57.8 Å². The molecule has 0 bridgehead atoms. The SMILES string of the molecule is CC(C)(C)c1cccc(NC(=O)Nc2ccc(-c3ccc(N4CCOCC4)cc3)c3ccccc23)c1. The summed E-state index contributed by atoms with van der Waals surface area (Å²) in [5.74, 6) is 0. The normalized spacial score (nSPS) is 14.0. The maximum absolute atomic E-state index is 12.9. The Morgan fingerprint density at radius 2 is 1.53 bits per heavy atom. The molecule has 0 spiro atoms. The highest BCUT2D eigenvalue weighted by Crippen LogP contribution is 2.34. The molecule has 0 aliphatic carbocycles. The van der Waals surface area contributed by atoms with Crippen molar-refractivity contribution in [2.24, 2.45) is 0 Å². The molecule has 4 aromatic carbocycles. The van der Waals surface area contributed by atoms with Crippen LogP contribution in [0.2, 0.25) is 0 Å². The van der Waals surface area contributed by atoms with Crippen LogP contribution >= 0.6 is 0 Å². The number of hydrogen-bond donors (Lipinski definition) is 2. The number of rotatable bonds is 4. The van der Waals surface area contributed by atoms with Gasteiger partial charge in [0.2, 0.25) is 0 Å². The molecule has 0 atom stereocenters. The van der Waals surface area contributed by atoms with Crippen LogP contribution in [0.4, 0.5) is 21.9 Å². The van der Waals surface area contributed by atoms with Crippen molar-refractivity contribution in [3.63, 3.8) is 0 Å². The van der Waals surface area contributed by atoms with Gasteiger partial charge in [0, 0.05) is 29.9 Å². The Kier molecular flexibility index (Phi) is 6.66. The van der Waals surface area contributed by atoms with Crippen molar-refractivity contribution < 1.29 is 9.53 Å². The Bertz CT molecular complexity index is 1370. The molecule has 5 rings (SSSR count). The van der Waals surface area contributed by atoms with Gasteiger partial charge in [-0.25, -0.2) is 4.79 Å². The molecule has 1 aliphatic rings. The molecule has 2 N–H and O–H groups in total. The van der Waals surface area contributed by atoms with Gasteiger partial charge in [-0.1, -0.05) is 75.4 Å². The molecule has 5 nitrogen and oxygen atoms in total. The van der Waals surface area contributed by atoms with Crippen LogP contribution in [-0.2, 0) is 10.2 Å². The Balaban J connectivity index is 1.38. The first-order valence-electron chi connectivity index (χ1n) is 12.5. The largest absolute Gasteiger partial charge is 0.378 e. The fraction of sp³-hybridized carbons (Fsp3) is 0.258. The van der Waals surface area contributed by atoms with Crippen LogP contribution in [0.5, 0.6) is 0 Å². The number of carbonyl (C=O) groups is 1. The van der Waals surface area contributed by atoms with Gasteiger partial charge in [-0.15, -0.1) is 0 Å². The van der Waals surface area contributed by atoms with Gasteiger partial charge in [0.05, 0.1) is 18.9 Å². The summed E-state index contributed by atoms with van der Waals surface area (Å²) in [6, 6.07) is 28.7. The van der Waals surface area contributed by atoms with E-state index in [1.54, 1.807) is 0 Å². The fourth-order valence-corrected chi connectivity index (χ4v) is 4.68. The van der Waals surface area contributed by atoms with Crippen LogP contribution < -0.4 is 15.5 Å². The van der Waals surface area contributed by atoms with E-state index in [1.165, 1.54) is 11.3 Å². The predicted octanol–water partition coefficient (Wildman–Crippen LogP) is 7.28. The van der Waals surface area contributed by atoms with Crippen molar-refractivity contribution in [2.45, 2.75) is 26.2 Å². The Morgan fingerprint density at radius 1 is 0.806 bits per heavy atom. The van der Waals surface area contributed by atoms with E-state index in [9.17, 15) is 4.79 Å². The third-order valence-corrected chi connectivity index (χ3v) is 6.71. The number of morpholine rings is 1. The van der Waals surface area contributed by atoms with E-state index in [1.807, 2.05) is 36.4 Å². The summed E-state index contributed by atoms with van der Waals surface area (Å²) >= 11 is 0. The molecular formula is C31H33N3O2. The third kappa shape index (κ3) is 5.21. The lowest BCUT2D eigenvalue weighted by Gasteiger charge is -2.29. The molecule has 0 aromatic heterocycles. The lowest BCUT2D eigenvalue weighted by molar-refractivity contribution is 0.122. The zero-order chi connectivity index (χ0) is 25.1. The van der Waals surface area contributed by atoms with Gasteiger partial charge in [0.15, 0.2) is 0 Å². The maximum Gasteiger partial charge on any atom is 0.323 e. The van der Waals surface area contributed by atoms with Gasteiger partial charge in [-0.2, -0.15) is 0 Å². The summed E-state index contributed by atoms with van der Waals surface area (Å²) in [6.45, 7) is 9.88. The van der Waals surface area contributed by atoms with Gasteiger partial charge in [0.25, 0.3) is 0 Å². The van der Waals surface area contributed by atoms with Crippen molar-refractivity contribution >= 4 is 33.9 Å². The number of nitrogens with zero attached hydrogens (tertiary/aromatic N) is 1. The molecule has 1 fully saturated rings. The molecule has 0 saturated carbocycles. The number of fused-ring (bicyclic) bond motifs is 1. The number of carbonyl (C=O) groups excluding carboxylic acids is 1. The zero-order valence-electron chi connectivity index (χ0n) is 21.2. The van der Waals surface area contributed by atoms with Crippen LogP contribution in [0.15, 0.2) is 84.9 Å². The van der Waals surface area contributed by atoms with Crippen molar-refractivity contribution in [1.82, 2.24) is 0 Å². The predicted molar refractivity (Wildman–Crippen MR) is 150 cm³/mol. The third-order valence-electron chi connectivity index (χ3n) is 6.71. The van der Waals surface area contributed by atoms with E-state index >= 15 is 0 Å². The minimum Gasteiger partial charge on any atom is -0.378 e. The highest BCUT2D eigenvalue weighted by molar-refractivity contribution is 6.09. The zero-order valence-corrected chi connectivity index (χ0v) is 21.2. The first-order chi connectivity index (χ1) is 17.4. The highest BCUT2D eigenvalue weighted by atomic mass is 16.5. The molecule has 5 heteroatoms. The Hall–Kier alpha value is -3.83. The van der Waals surface area contributed by atoms with E-state index in [2.05, 4.69) is 84.8 Å². The van der Waals surface area contributed by atoms with Crippen LogP contribution in [0.25, 0.3) is 21.9 Å². The molecular weight excluding hydrogens is 446 g/mol. The second-order valence-electron chi connectivity index (χ2n) is 10.3. The minimum absolute atomic E-state index is 0.0145. The van der Waals surface area contributed by atoms with Crippen molar-refractivity contribution in [2.75, 3.05) is 41.8 Å². The second kappa shape index (κ2) is 10.0. The first-order valence-corrected chi connectivity index (χ1v) is 12.5. The van der Waals surface area contributed by atoms with Crippen molar-refractivity contribution in [3.8, 4) is 11.1 Å². The number of anilines is 3. The van der Waals surface area contributed by atoms with Gasteiger partial charge < -0.3 is 20.3 Å². The topological polar surface area (TPSA) is 53.6 Å². The van der Waals surface area contributed by atoms with Crippen molar-refractivity contribution in [1.29, 1.82) is 0 Å². The molecule has 0 radical (unpaired) electrons. The summed E-state index contributed by atoms with van der Waals surface area (Å²) in [4.78, 5) is 15.2. The van der Waals surface area contributed by atoms with E-state index in [4.69, 9.17) is 4.74 Å². The van der Waals surface area contributed by atoms with Crippen LogP contribution in [0.1, 0.15) is 26.3 Å². The average molecular weight is 480 g/mol. The molecule has 184 valence electrons. The molecule has 1 aliphatic heterocycles. The average Bonchev–Trinajstić information content (AvgIpc) is 2.89. The minimum atomic E-state index is -0.256. The summed E-state index contributed by atoms with van der Waals surface area (Å²) < 4.78 is 5.48. The van der Waals surface area contributed by atoms with Crippen LogP contribution in [-0.4, -0.2) is 32.3 Å². The quantitative estimate of drug-likeness (QED) is 0.323. The maximum atomic E-state index is 12.9. The highest BCUT2D eigenvalue weighted by Gasteiger charge is 2.15. The fourth-order valence-electron chi connectivity index (χ4n) is 4.68. The molecule has 2 amide bonds. The molecule has 1 heterocycles. The smallest absolute Gasteiger partial charge is 0.323 e. The number of amides is 2. The summed E-state index contributed by atoms with van der Waals surface area (Å²) in [7, 11) is 0. The molecule has 0 unspecified atom stereocenters. The number of urea groups is 1.